The van der Waals surface area contributed by atoms with E-state index in [4.69, 9.17) is 17.4 Å². The second kappa shape index (κ2) is 2.42. The Hall–Kier alpha value is -0.830. The van der Waals surface area contributed by atoms with Crippen LogP contribution >= 0.6 is 12.2 Å². The first-order valence-corrected chi connectivity index (χ1v) is 3.41. The van der Waals surface area contributed by atoms with Crippen molar-refractivity contribution in [3.05, 3.63) is 28.0 Å². The third-order valence-electron chi connectivity index (χ3n) is 1.50. The van der Waals surface area contributed by atoms with Gasteiger partial charge in [0.25, 0.3) is 0 Å². The van der Waals surface area contributed by atoms with E-state index in [1.54, 1.807) is 12.3 Å². The molecule has 0 saturated carbocycles. The molecule has 0 aromatic carbocycles. The van der Waals surface area contributed by atoms with Crippen LogP contribution in [-0.4, -0.2) is 9.94 Å². The zero-order chi connectivity index (χ0) is 7.72. The molecular weight excluding hydrogens is 146 g/mol. The average molecular weight is 155 g/mol. The Balaban J connectivity index is 3.43. The van der Waals surface area contributed by atoms with Gasteiger partial charge in [0, 0.05) is 6.20 Å². The Bertz CT molecular complexity index is 303. The van der Waals surface area contributed by atoms with Crippen LogP contribution in [0.5, 0.6) is 0 Å². The standard InChI is InChI=1S/C7H9NOS/c1-5-3-7(10)8(9)4-6(5)2/h3-4,9H,1-2H3. The third kappa shape index (κ3) is 1.19. The summed E-state index contributed by atoms with van der Waals surface area (Å²) < 4.78 is 1.40. The molecule has 1 rings (SSSR count). The molecule has 1 N–H and O–H groups in total. The summed E-state index contributed by atoms with van der Waals surface area (Å²) in [7, 11) is 0. The minimum Gasteiger partial charge on any atom is -0.428 e. The third-order valence-corrected chi connectivity index (χ3v) is 1.81. The van der Waals surface area contributed by atoms with Gasteiger partial charge in [0.15, 0.2) is 0 Å². The van der Waals surface area contributed by atoms with Gasteiger partial charge in [0.1, 0.15) is 4.64 Å². The van der Waals surface area contributed by atoms with Gasteiger partial charge in [0.2, 0.25) is 0 Å². The van der Waals surface area contributed by atoms with E-state index in [1.165, 1.54) is 0 Å². The highest BCUT2D eigenvalue weighted by atomic mass is 32.1. The van der Waals surface area contributed by atoms with Crippen molar-refractivity contribution in [2.75, 3.05) is 0 Å². The van der Waals surface area contributed by atoms with Gasteiger partial charge < -0.3 is 5.21 Å². The van der Waals surface area contributed by atoms with Crippen molar-refractivity contribution in [1.29, 1.82) is 0 Å². The molecule has 0 amide bonds. The first-order chi connectivity index (χ1) is 4.61. The van der Waals surface area contributed by atoms with E-state index in [9.17, 15) is 0 Å². The molecule has 0 saturated heterocycles. The second-order valence-electron chi connectivity index (χ2n) is 2.32. The number of rotatable bonds is 0. The highest BCUT2D eigenvalue weighted by Gasteiger charge is 1.93. The largest absolute Gasteiger partial charge is 0.428 e. The summed E-state index contributed by atoms with van der Waals surface area (Å²) in [5.74, 6) is 0. The summed E-state index contributed by atoms with van der Waals surface area (Å²) in [6.07, 6.45) is 1.61. The van der Waals surface area contributed by atoms with Crippen LogP contribution in [0.15, 0.2) is 12.3 Å². The van der Waals surface area contributed by atoms with Crippen LogP contribution in [0.25, 0.3) is 0 Å². The predicted molar refractivity (Wildman–Crippen MR) is 41.9 cm³/mol. The maximum atomic E-state index is 9.04. The quantitative estimate of drug-likeness (QED) is 0.458. The zero-order valence-corrected chi connectivity index (χ0v) is 6.77. The van der Waals surface area contributed by atoms with Crippen LogP contribution in [0, 0.1) is 18.5 Å². The molecule has 0 atom stereocenters. The topological polar surface area (TPSA) is 25.2 Å². The molecule has 1 aromatic heterocycles. The molecule has 10 heavy (non-hydrogen) atoms. The molecule has 0 radical (unpaired) electrons. The number of pyridine rings is 1. The van der Waals surface area contributed by atoms with Crippen LogP contribution in [0.3, 0.4) is 0 Å². The molecule has 0 aliphatic heterocycles. The fourth-order valence-corrected chi connectivity index (χ4v) is 0.944. The van der Waals surface area contributed by atoms with E-state index in [2.05, 4.69) is 0 Å². The molecule has 2 nitrogen and oxygen atoms in total. The molecule has 3 heteroatoms. The molecule has 0 aliphatic carbocycles. The Morgan fingerprint density at radius 2 is 2.00 bits per heavy atom. The second-order valence-corrected chi connectivity index (χ2v) is 2.74. The molecular formula is C7H9NOS. The maximum Gasteiger partial charge on any atom is 0.142 e. The first kappa shape index (κ1) is 7.28. The molecule has 1 aromatic rings. The SMILES string of the molecule is Cc1cc(=S)n(O)cc1C. The lowest BCUT2D eigenvalue weighted by Crippen LogP contribution is -1.95. The van der Waals surface area contributed by atoms with Crippen LogP contribution in [-0.2, 0) is 0 Å². The molecule has 0 bridgehead atoms. The van der Waals surface area contributed by atoms with E-state index < -0.39 is 0 Å². The van der Waals surface area contributed by atoms with Gasteiger partial charge in [-0.05, 0) is 31.0 Å². The Morgan fingerprint density at radius 3 is 2.50 bits per heavy atom. The first-order valence-electron chi connectivity index (χ1n) is 3.00. The van der Waals surface area contributed by atoms with Crippen molar-refractivity contribution in [3.63, 3.8) is 0 Å². The van der Waals surface area contributed by atoms with Crippen LogP contribution in [0.4, 0.5) is 0 Å². The van der Waals surface area contributed by atoms with Gasteiger partial charge in [-0.15, -0.1) is 0 Å². The normalized spacial score (nSPS) is 9.80. The maximum absolute atomic E-state index is 9.04. The lowest BCUT2D eigenvalue weighted by molar-refractivity contribution is 0.179. The summed E-state index contributed by atoms with van der Waals surface area (Å²) >= 11 is 4.81. The molecule has 0 fully saturated rings. The highest BCUT2D eigenvalue weighted by Crippen LogP contribution is 2.04. The van der Waals surface area contributed by atoms with Crippen molar-refractivity contribution >= 4 is 12.2 Å². The highest BCUT2D eigenvalue weighted by molar-refractivity contribution is 7.71. The zero-order valence-electron chi connectivity index (χ0n) is 5.96. The van der Waals surface area contributed by atoms with Crippen LogP contribution < -0.4 is 0 Å². The number of aryl methyl sites for hydroxylation is 2. The Kier molecular flexibility index (Phi) is 1.76. The molecule has 0 unspecified atom stereocenters. The van der Waals surface area contributed by atoms with Crippen LogP contribution in [0.2, 0.25) is 0 Å². The molecule has 0 aliphatic rings. The van der Waals surface area contributed by atoms with E-state index in [0.717, 1.165) is 15.9 Å². The van der Waals surface area contributed by atoms with E-state index in [0.29, 0.717) is 4.64 Å². The van der Waals surface area contributed by atoms with Gasteiger partial charge in [-0.25, -0.2) is 0 Å². The summed E-state index contributed by atoms with van der Waals surface area (Å²) in [4.78, 5) is 0. The number of hydrogen-bond donors (Lipinski definition) is 1. The van der Waals surface area contributed by atoms with Gasteiger partial charge >= 0.3 is 0 Å². The summed E-state index contributed by atoms with van der Waals surface area (Å²) in [5.41, 5.74) is 2.14. The minimum absolute atomic E-state index is 0.447. The van der Waals surface area contributed by atoms with Crippen molar-refractivity contribution in [2.45, 2.75) is 13.8 Å². The van der Waals surface area contributed by atoms with Gasteiger partial charge in [-0.1, -0.05) is 12.2 Å². The Labute approximate surface area is 64.7 Å². The molecule has 1 heterocycles. The van der Waals surface area contributed by atoms with Crippen molar-refractivity contribution in [1.82, 2.24) is 4.73 Å². The van der Waals surface area contributed by atoms with Crippen molar-refractivity contribution in [2.24, 2.45) is 0 Å². The lowest BCUT2D eigenvalue weighted by Gasteiger charge is -2.01. The Morgan fingerprint density at radius 1 is 1.40 bits per heavy atom. The van der Waals surface area contributed by atoms with Crippen molar-refractivity contribution < 1.29 is 5.21 Å². The molecule has 54 valence electrons. The predicted octanol–water partition coefficient (Wildman–Crippen LogP) is 2.07. The number of hydrogen-bond acceptors (Lipinski definition) is 2. The van der Waals surface area contributed by atoms with Gasteiger partial charge in [-0.3, -0.25) is 0 Å². The number of nitrogens with zero attached hydrogens (tertiary/aromatic N) is 1. The van der Waals surface area contributed by atoms with Crippen molar-refractivity contribution in [3.8, 4) is 0 Å². The summed E-state index contributed by atoms with van der Waals surface area (Å²) in [6, 6.07) is 1.77. The average Bonchev–Trinajstić information content (AvgIpc) is 1.84. The lowest BCUT2D eigenvalue weighted by atomic mass is 10.2. The summed E-state index contributed by atoms with van der Waals surface area (Å²) in [6.45, 7) is 3.89. The van der Waals surface area contributed by atoms with Gasteiger partial charge in [-0.2, -0.15) is 4.73 Å². The van der Waals surface area contributed by atoms with Crippen LogP contribution in [0.1, 0.15) is 11.1 Å². The fourth-order valence-electron chi connectivity index (χ4n) is 0.714. The monoisotopic (exact) mass is 155 g/mol. The smallest absolute Gasteiger partial charge is 0.142 e. The minimum atomic E-state index is 0.447. The summed E-state index contributed by atoms with van der Waals surface area (Å²) in [5, 5.41) is 9.04. The van der Waals surface area contributed by atoms with E-state index in [1.807, 2.05) is 13.8 Å². The number of aromatic nitrogens is 1. The molecule has 0 spiro atoms. The van der Waals surface area contributed by atoms with Gasteiger partial charge in [0.05, 0.1) is 0 Å². The fraction of sp³-hybridized carbons (Fsp3) is 0.286. The van der Waals surface area contributed by atoms with E-state index >= 15 is 0 Å². The van der Waals surface area contributed by atoms with E-state index in [-0.39, 0.29) is 0 Å².